The molecule has 0 atom stereocenters. The molecule has 5 nitrogen and oxygen atoms in total. The van der Waals surface area contributed by atoms with Crippen molar-refractivity contribution >= 4 is 27.4 Å². The first-order valence-corrected chi connectivity index (χ1v) is 9.33. The minimum absolute atomic E-state index is 0.287. The highest BCUT2D eigenvalue weighted by Crippen LogP contribution is 2.35. The Kier molecular flexibility index (Phi) is 5.05. The Morgan fingerprint density at radius 2 is 1.90 bits per heavy atom. The highest BCUT2D eigenvalue weighted by Gasteiger charge is 2.42. The summed E-state index contributed by atoms with van der Waals surface area (Å²) in [6, 6.07) is 0. The lowest BCUT2D eigenvalue weighted by Crippen LogP contribution is -2.60. The summed E-state index contributed by atoms with van der Waals surface area (Å²) in [5, 5.41) is 0. The van der Waals surface area contributed by atoms with Crippen LogP contribution in [0.2, 0.25) is 0 Å². The van der Waals surface area contributed by atoms with Crippen molar-refractivity contribution in [2.45, 2.75) is 57.4 Å². The van der Waals surface area contributed by atoms with Gasteiger partial charge in [0.1, 0.15) is 0 Å². The number of rotatable bonds is 5. The van der Waals surface area contributed by atoms with E-state index < -0.39 is 15.7 Å². The number of hydrogen-bond donors (Lipinski definition) is 2. The summed E-state index contributed by atoms with van der Waals surface area (Å²) in [7, 11) is -3.47. The molecule has 2 fully saturated rings. The molecule has 116 valence electrons. The van der Waals surface area contributed by atoms with Gasteiger partial charge >= 0.3 is 0 Å². The van der Waals surface area contributed by atoms with Gasteiger partial charge < -0.3 is 5.73 Å². The molecule has 2 aliphatic rings. The Morgan fingerprint density at radius 1 is 1.35 bits per heavy atom. The molecular weight excluding hydrogens is 294 g/mol. The van der Waals surface area contributed by atoms with E-state index in [0.29, 0.717) is 31.8 Å². The molecule has 1 aliphatic heterocycles. The summed E-state index contributed by atoms with van der Waals surface area (Å²) < 4.78 is 29.3. The van der Waals surface area contributed by atoms with Crippen LogP contribution in [-0.2, 0) is 10.2 Å². The second kappa shape index (κ2) is 6.25. The third kappa shape index (κ3) is 3.32. The summed E-state index contributed by atoms with van der Waals surface area (Å²) in [6.45, 7) is 3.37. The lowest BCUT2D eigenvalue weighted by atomic mass is 9.76. The zero-order valence-corrected chi connectivity index (χ0v) is 13.7. The summed E-state index contributed by atoms with van der Waals surface area (Å²) in [5.74, 6) is 0.661. The topological polar surface area (TPSA) is 75.4 Å². The average Bonchev–Trinajstić information content (AvgIpc) is 2.93. The van der Waals surface area contributed by atoms with E-state index in [0.717, 1.165) is 32.1 Å². The maximum Gasteiger partial charge on any atom is 0.280 e. The number of thiocarbonyl (C=S) groups is 1. The van der Waals surface area contributed by atoms with Gasteiger partial charge in [0.05, 0.1) is 10.5 Å². The molecule has 0 aromatic rings. The van der Waals surface area contributed by atoms with E-state index >= 15 is 0 Å². The van der Waals surface area contributed by atoms with Crippen molar-refractivity contribution in [3.05, 3.63) is 0 Å². The number of hydrogen-bond acceptors (Lipinski definition) is 3. The van der Waals surface area contributed by atoms with Crippen LogP contribution in [0.1, 0.15) is 51.9 Å². The van der Waals surface area contributed by atoms with Gasteiger partial charge in [0.2, 0.25) is 0 Å². The van der Waals surface area contributed by atoms with Crippen LogP contribution in [0.15, 0.2) is 0 Å². The van der Waals surface area contributed by atoms with Crippen LogP contribution in [0.4, 0.5) is 0 Å². The van der Waals surface area contributed by atoms with E-state index in [1.807, 2.05) is 0 Å². The number of nitrogens with one attached hydrogen (secondary N) is 1. The predicted molar refractivity (Wildman–Crippen MR) is 84.6 cm³/mol. The first-order chi connectivity index (χ1) is 9.39. The van der Waals surface area contributed by atoms with E-state index in [2.05, 4.69) is 11.6 Å². The van der Waals surface area contributed by atoms with Gasteiger partial charge in [-0.05, 0) is 44.4 Å². The van der Waals surface area contributed by atoms with Crippen molar-refractivity contribution in [2.24, 2.45) is 11.7 Å². The van der Waals surface area contributed by atoms with E-state index in [4.69, 9.17) is 18.0 Å². The normalized spacial score (nSPS) is 32.4. The first kappa shape index (κ1) is 16.1. The second-order valence-corrected chi connectivity index (χ2v) is 8.12. The second-order valence-electron chi connectivity index (χ2n) is 6.01. The molecular formula is C13H25N3O2S2. The van der Waals surface area contributed by atoms with Crippen molar-refractivity contribution in [3.63, 3.8) is 0 Å². The molecule has 0 amide bonds. The molecule has 7 heteroatoms. The molecule has 20 heavy (non-hydrogen) atoms. The van der Waals surface area contributed by atoms with Crippen LogP contribution in [0.5, 0.6) is 0 Å². The zero-order chi connectivity index (χ0) is 14.8. The van der Waals surface area contributed by atoms with Gasteiger partial charge in [-0.15, -0.1) is 0 Å². The van der Waals surface area contributed by atoms with Crippen LogP contribution < -0.4 is 10.5 Å². The fourth-order valence-electron chi connectivity index (χ4n) is 3.22. The van der Waals surface area contributed by atoms with Crippen LogP contribution >= 0.6 is 12.2 Å². The Bertz CT molecular complexity index is 450. The Labute approximate surface area is 127 Å². The van der Waals surface area contributed by atoms with Crippen molar-refractivity contribution in [1.29, 1.82) is 0 Å². The standard InChI is InChI=1S/C13H25N3O2S2/c1-2-11-5-7-13(8-6-11,12(14)19)15-20(17,18)16-9-3-4-10-16/h11,15H,2-10H2,1H3,(H2,14,19). The van der Waals surface area contributed by atoms with Gasteiger partial charge in [-0.1, -0.05) is 25.6 Å². The van der Waals surface area contributed by atoms with Gasteiger partial charge in [-0.2, -0.15) is 17.4 Å². The van der Waals surface area contributed by atoms with Crippen LogP contribution in [0.3, 0.4) is 0 Å². The molecule has 1 aliphatic carbocycles. The number of nitrogens with two attached hydrogens (primary N) is 1. The molecule has 3 N–H and O–H groups in total. The average molecular weight is 319 g/mol. The van der Waals surface area contributed by atoms with Gasteiger partial charge in [0.15, 0.2) is 0 Å². The summed E-state index contributed by atoms with van der Waals surface area (Å²) in [4.78, 5) is 0.287. The lowest BCUT2D eigenvalue weighted by molar-refractivity contribution is 0.265. The fraction of sp³-hybridized carbons (Fsp3) is 0.923. The summed E-state index contributed by atoms with van der Waals surface area (Å²) in [6.07, 6.45) is 6.39. The molecule has 0 spiro atoms. The van der Waals surface area contributed by atoms with E-state index in [1.54, 1.807) is 0 Å². The first-order valence-electron chi connectivity index (χ1n) is 7.48. The summed E-state index contributed by atoms with van der Waals surface area (Å²) >= 11 is 5.18. The third-order valence-electron chi connectivity index (χ3n) is 4.74. The Morgan fingerprint density at radius 3 is 2.35 bits per heavy atom. The molecule has 1 saturated carbocycles. The van der Waals surface area contributed by atoms with Crippen molar-refractivity contribution in [2.75, 3.05) is 13.1 Å². The smallest absolute Gasteiger partial charge is 0.280 e. The predicted octanol–water partition coefficient (Wildman–Crippen LogP) is 1.54. The Balaban J connectivity index is 2.12. The molecule has 2 rings (SSSR count). The summed E-state index contributed by atoms with van der Waals surface area (Å²) in [5.41, 5.74) is 5.16. The van der Waals surface area contributed by atoms with Crippen LogP contribution in [0, 0.1) is 5.92 Å². The molecule has 0 radical (unpaired) electrons. The monoisotopic (exact) mass is 319 g/mol. The quantitative estimate of drug-likeness (QED) is 0.754. The van der Waals surface area contributed by atoms with Crippen molar-refractivity contribution in [3.8, 4) is 0 Å². The largest absolute Gasteiger partial charge is 0.392 e. The molecule has 0 aromatic heterocycles. The lowest BCUT2D eigenvalue weighted by Gasteiger charge is -2.40. The van der Waals surface area contributed by atoms with Gasteiger partial charge in [0.25, 0.3) is 10.2 Å². The van der Waals surface area contributed by atoms with Crippen LogP contribution in [0.25, 0.3) is 0 Å². The van der Waals surface area contributed by atoms with Gasteiger partial charge in [-0.25, -0.2) is 0 Å². The van der Waals surface area contributed by atoms with Crippen molar-refractivity contribution in [1.82, 2.24) is 9.03 Å². The van der Waals surface area contributed by atoms with E-state index in [9.17, 15) is 8.42 Å². The van der Waals surface area contributed by atoms with E-state index in [1.165, 1.54) is 4.31 Å². The minimum Gasteiger partial charge on any atom is -0.392 e. The van der Waals surface area contributed by atoms with Crippen molar-refractivity contribution < 1.29 is 8.42 Å². The molecule has 0 bridgehead atoms. The Hall–Kier alpha value is -0.240. The number of nitrogens with zero attached hydrogens (tertiary/aromatic N) is 1. The van der Waals surface area contributed by atoms with Crippen LogP contribution in [-0.4, -0.2) is 36.3 Å². The fourth-order valence-corrected chi connectivity index (χ4v) is 5.21. The third-order valence-corrected chi connectivity index (χ3v) is 6.82. The van der Waals surface area contributed by atoms with Gasteiger partial charge in [-0.3, -0.25) is 0 Å². The van der Waals surface area contributed by atoms with Gasteiger partial charge in [0, 0.05) is 13.1 Å². The molecule has 1 heterocycles. The molecule has 1 saturated heterocycles. The maximum atomic E-state index is 12.5. The SMILES string of the molecule is CCC1CCC(NS(=O)(=O)N2CCCC2)(C(N)=S)CC1. The van der Waals surface area contributed by atoms with E-state index in [-0.39, 0.29) is 4.99 Å². The zero-order valence-electron chi connectivity index (χ0n) is 12.1. The maximum absolute atomic E-state index is 12.5. The minimum atomic E-state index is -3.47. The molecule has 0 aromatic carbocycles. The highest BCUT2D eigenvalue weighted by atomic mass is 32.2. The molecule has 0 unspecified atom stereocenters. The highest BCUT2D eigenvalue weighted by molar-refractivity contribution is 7.87.